The highest BCUT2D eigenvalue weighted by Gasteiger charge is 2.18. The molecule has 3 rings (SSSR count). The van der Waals surface area contributed by atoms with Gasteiger partial charge in [0.2, 0.25) is 5.78 Å². The molecule has 2 aromatic heterocycles. The molecular formula is C15H16BrN5O. The molecule has 22 heavy (non-hydrogen) atoms. The molecule has 0 atom stereocenters. The summed E-state index contributed by atoms with van der Waals surface area (Å²) in [7, 11) is 0. The van der Waals surface area contributed by atoms with E-state index in [0.717, 1.165) is 32.0 Å². The van der Waals surface area contributed by atoms with Crippen LogP contribution in [0.25, 0.3) is 0 Å². The average molecular weight is 362 g/mol. The van der Waals surface area contributed by atoms with Crippen molar-refractivity contribution in [3.05, 3.63) is 46.2 Å². The van der Waals surface area contributed by atoms with Crippen LogP contribution in [0.2, 0.25) is 0 Å². The zero-order valence-electron chi connectivity index (χ0n) is 11.9. The normalized spacial score (nSPS) is 14.9. The van der Waals surface area contributed by atoms with Crippen LogP contribution in [0.5, 0.6) is 0 Å². The second kappa shape index (κ2) is 6.41. The van der Waals surface area contributed by atoms with Crippen LogP contribution < -0.4 is 16.0 Å². The molecule has 0 radical (unpaired) electrons. The van der Waals surface area contributed by atoms with Crippen molar-refractivity contribution in [3.8, 4) is 0 Å². The highest BCUT2D eigenvalue weighted by Crippen LogP contribution is 2.20. The molecule has 0 aliphatic carbocycles. The highest BCUT2D eigenvalue weighted by molar-refractivity contribution is 9.10. The van der Waals surface area contributed by atoms with E-state index in [1.165, 1.54) is 0 Å². The van der Waals surface area contributed by atoms with E-state index in [9.17, 15) is 4.79 Å². The first kappa shape index (κ1) is 14.9. The molecule has 0 bridgehead atoms. The van der Waals surface area contributed by atoms with Crippen molar-refractivity contribution in [2.24, 2.45) is 0 Å². The van der Waals surface area contributed by atoms with Gasteiger partial charge in [-0.3, -0.25) is 4.79 Å². The lowest BCUT2D eigenvalue weighted by atomic mass is 10.1. The summed E-state index contributed by atoms with van der Waals surface area (Å²) in [6, 6.07) is 7.14. The van der Waals surface area contributed by atoms with E-state index in [0.29, 0.717) is 15.7 Å². The molecule has 7 heteroatoms. The van der Waals surface area contributed by atoms with Gasteiger partial charge in [-0.25, -0.2) is 9.97 Å². The van der Waals surface area contributed by atoms with Gasteiger partial charge < -0.3 is 16.0 Å². The quantitative estimate of drug-likeness (QED) is 0.805. The number of carbonyl (C=O) groups is 1. The Morgan fingerprint density at radius 3 is 2.86 bits per heavy atom. The fourth-order valence-corrected chi connectivity index (χ4v) is 2.72. The van der Waals surface area contributed by atoms with E-state index >= 15 is 0 Å². The number of carbonyl (C=O) groups excluding carboxylic acids is 1. The van der Waals surface area contributed by atoms with Crippen LogP contribution in [-0.4, -0.2) is 41.9 Å². The van der Waals surface area contributed by atoms with Gasteiger partial charge in [0.25, 0.3) is 0 Å². The molecule has 1 aliphatic rings. The molecule has 114 valence electrons. The maximum absolute atomic E-state index is 12.6. The minimum absolute atomic E-state index is 0.211. The molecule has 1 fully saturated rings. The molecule has 3 heterocycles. The summed E-state index contributed by atoms with van der Waals surface area (Å²) in [4.78, 5) is 23.3. The van der Waals surface area contributed by atoms with Gasteiger partial charge in [0.05, 0.1) is 5.56 Å². The summed E-state index contributed by atoms with van der Waals surface area (Å²) in [6.45, 7) is 3.60. The fourth-order valence-electron chi connectivity index (χ4n) is 2.39. The number of nitrogen functional groups attached to an aromatic ring is 1. The highest BCUT2D eigenvalue weighted by atomic mass is 79.9. The molecule has 0 unspecified atom stereocenters. The van der Waals surface area contributed by atoms with Crippen LogP contribution in [-0.2, 0) is 0 Å². The number of anilines is 2. The Kier molecular flexibility index (Phi) is 4.35. The molecule has 1 saturated heterocycles. The average Bonchev–Trinajstić information content (AvgIpc) is 2.57. The predicted octanol–water partition coefficient (Wildman–Crippen LogP) is 1.46. The number of ketones is 1. The lowest BCUT2D eigenvalue weighted by molar-refractivity contribution is 0.103. The largest absolute Gasteiger partial charge is 0.383 e. The van der Waals surface area contributed by atoms with Gasteiger partial charge >= 0.3 is 0 Å². The summed E-state index contributed by atoms with van der Waals surface area (Å²) in [5, 5.41) is 3.30. The van der Waals surface area contributed by atoms with Gasteiger partial charge in [-0.2, -0.15) is 0 Å². The van der Waals surface area contributed by atoms with Gasteiger partial charge in [0, 0.05) is 36.8 Å². The monoisotopic (exact) mass is 361 g/mol. The van der Waals surface area contributed by atoms with Gasteiger partial charge in [0.15, 0.2) is 0 Å². The Labute approximate surface area is 136 Å². The number of nitrogens with one attached hydrogen (secondary N) is 1. The number of nitrogens with two attached hydrogens (primary N) is 1. The van der Waals surface area contributed by atoms with Crippen molar-refractivity contribution in [1.82, 2.24) is 15.3 Å². The van der Waals surface area contributed by atoms with Crippen LogP contribution in [0.3, 0.4) is 0 Å². The Hall–Kier alpha value is -1.99. The maximum Gasteiger partial charge on any atom is 0.215 e. The second-order valence-electron chi connectivity index (χ2n) is 5.03. The Bertz CT molecular complexity index is 700. The smallest absolute Gasteiger partial charge is 0.215 e. The summed E-state index contributed by atoms with van der Waals surface area (Å²) in [6.07, 6.45) is 1.57. The number of hydrogen-bond acceptors (Lipinski definition) is 6. The predicted molar refractivity (Wildman–Crippen MR) is 89.1 cm³/mol. The number of rotatable bonds is 3. The summed E-state index contributed by atoms with van der Waals surface area (Å²) < 4.78 is 0.711. The maximum atomic E-state index is 12.6. The first-order valence-electron chi connectivity index (χ1n) is 7.03. The van der Waals surface area contributed by atoms with Crippen LogP contribution in [0.4, 0.5) is 11.6 Å². The number of pyridine rings is 2. The van der Waals surface area contributed by atoms with Gasteiger partial charge in [0.1, 0.15) is 17.3 Å². The Morgan fingerprint density at radius 2 is 2.09 bits per heavy atom. The van der Waals surface area contributed by atoms with Crippen molar-refractivity contribution in [1.29, 1.82) is 0 Å². The molecule has 1 aliphatic heterocycles. The lowest BCUT2D eigenvalue weighted by Gasteiger charge is -2.28. The molecular weight excluding hydrogens is 346 g/mol. The second-order valence-corrected chi connectivity index (χ2v) is 5.95. The minimum atomic E-state index is -0.219. The van der Waals surface area contributed by atoms with Crippen LogP contribution in [0, 0.1) is 0 Å². The number of aromatic nitrogens is 2. The zero-order chi connectivity index (χ0) is 15.5. The molecule has 2 aromatic rings. The zero-order valence-corrected chi connectivity index (χ0v) is 13.5. The first-order chi connectivity index (χ1) is 10.6. The third-order valence-corrected chi connectivity index (χ3v) is 3.97. The van der Waals surface area contributed by atoms with Crippen molar-refractivity contribution in [2.75, 3.05) is 36.8 Å². The number of piperazine rings is 1. The summed E-state index contributed by atoms with van der Waals surface area (Å²) in [5.74, 6) is 0.805. The SMILES string of the molecule is Nc1ncc(Br)cc1C(=O)c1cccc(N2CCNCC2)n1. The van der Waals surface area contributed by atoms with E-state index in [4.69, 9.17) is 5.73 Å². The van der Waals surface area contributed by atoms with Gasteiger partial charge in [-0.05, 0) is 34.1 Å². The van der Waals surface area contributed by atoms with E-state index in [1.54, 1.807) is 18.3 Å². The van der Waals surface area contributed by atoms with E-state index in [1.807, 2.05) is 12.1 Å². The fraction of sp³-hybridized carbons (Fsp3) is 0.267. The van der Waals surface area contributed by atoms with E-state index < -0.39 is 0 Å². The third kappa shape index (κ3) is 3.10. The Balaban J connectivity index is 1.91. The van der Waals surface area contributed by atoms with Crippen molar-refractivity contribution < 1.29 is 4.79 Å². The molecule has 6 nitrogen and oxygen atoms in total. The first-order valence-corrected chi connectivity index (χ1v) is 7.83. The number of nitrogens with zero attached hydrogens (tertiary/aromatic N) is 3. The van der Waals surface area contributed by atoms with Crippen LogP contribution in [0.15, 0.2) is 34.9 Å². The molecule has 3 N–H and O–H groups in total. The topological polar surface area (TPSA) is 84.1 Å². The lowest BCUT2D eigenvalue weighted by Crippen LogP contribution is -2.44. The standard InChI is InChI=1S/C15H16BrN5O/c16-10-8-11(15(17)19-9-10)14(22)12-2-1-3-13(20-12)21-6-4-18-5-7-21/h1-3,8-9,18H,4-7H2,(H2,17,19). The summed E-state index contributed by atoms with van der Waals surface area (Å²) in [5.41, 5.74) is 6.55. The molecule has 0 amide bonds. The van der Waals surface area contributed by atoms with E-state index in [-0.39, 0.29) is 11.6 Å². The van der Waals surface area contributed by atoms with Crippen molar-refractivity contribution >= 4 is 33.3 Å². The van der Waals surface area contributed by atoms with Gasteiger partial charge in [-0.1, -0.05) is 6.07 Å². The summed E-state index contributed by atoms with van der Waals surface area (Å²) >= 11 is 3.31. The Morgan fingerprint density at radius 1 is 1.32 bits per heavy atom. The van der Waals surface area contributed by atoms with E-state index in [2.05, 4.69) is 36.1 Å². The minimum Gasteiger partial charge on any atom is -0.383 e. The third-order valence-electron chi connectivity index (χ3n) is 3.54. The van der Waals surface area contributed by atoms with Crippen LogP contribution in [0.1, 0.15) is 16.1 Å². The van der Waals surface area contributed by atoms with Crippen molar-refractivity contribution in [2.45, 2.75) is 0 Å². The molecule has 0 spiro atoms. The van der Waals surface area contributed by atoms with Gasteiger partial charge in [-0.15, -0.1) is 0 Å². The van der Waals surface area contributed by atoms with Crippen molar-refractivity contribution in [3.63, 3.8) is 0 Å². The number of halogens is 1. The number of hydrogen-bond donors (Lipinski definition) is 2. The molecule has 0 saturated carbocycles. The van der Waals surface area contributed by atoms with Crippen LogP contribution >= 0.6 is 15.9 Å². The molecule has 0 aromatic carbocycles.